The molecule has 12 heteroatoms. The second kappa shape index (κ2) is 6.36. The quantitative estimate of drug-likeness (QED) is 0.595. The molecular formula is C17H15FN6O4S. The normalized spacial score (nSPS) is 15.3. The van der Waals surface area contributed by atoms with E-state index in [1.54, 1.807) is 13.2 Å². The van der Waals surface area contributed by atoms with E-state index in [0.29, 0.717) is 18.4 Å². The van der Waals surface area contributed by atoms with Gasteiger partial charge in [-0.3, -0.25) is 14.0 Å². The number of nitriles is 1. The lowest BCUT2D eigenvalue weighted by Crippen LogP contribution is -2.37. The highest BCUT2D eigenvalue weighted by Gasteiger charge is 2.47. The number of sulfonamides is 1. The van der Waals surface area contributed by atoms with Gasteiger partial charge in [-0.25, -0.2) is 17.6 Å². The summed E-state index contributed by atoms with van der Waals surface area (Å²) < 4.78 is 44.2. The van der Waals surface area contributed by atoms with E-state index < -0.39 is 37.5 Å². The summed E-state index contributed by atoms with van der Waals surface area (Å²) >= 11 is 0. The van der Waals surface area contributed by atoms with Crippen molar-refractivity contribution in [2.45, 2.75) is 29.8 Å². The zero-order chi connectivity index (χ0) is 21.0. The molecular weight excluding hydrogens is 403 g/mol. The van der Waals surface area contributed by atoms with E-state index in [1.165, 1.54) is 10.9 Å². The monoisotopic (exact) mass is 418 g/mol. The van der Waals surface area contributed by atoms with Crippen LogP contribution in [0.2, 0.25) is 0 Å². The van der Waals surface area contributed by atoms with Crippen molar-refractivity contribution in [1.82, 2.24) is 24.1 Å². The summed E-state index contributed by atoms with van der Waals surface area (Å²) in [5.74, 6) is -1.14. The molecule has 1 aliphatic carbocycles. The number of rotatable bonds is 5. The van der Waals surface area contributed by atoms with Crippen molar-refractivity contribution in [3.8, 4) is 6.07 Å². The SMILES string of the molecule is Cn1cc(Cn2c(=O)[nH]c3cc(F)c(S(=O)(=O)NC4(C#N)CC4)cc3c2=O)cn1. The van der Waals surface area contributed by atoms with Crippen LogP contribution in [-0.4, -0.2) is 33.3 Å². The molecule has 0 spiro atoms. The van der Waals surface area contributed by atoms with Crippen LogP contribution >= 0.6 is 0 Å². The molecule has 1 aliphatic rings. The number of benzene rings is 1. The van der Waals surface area contributed by atoms with Crippen LogP contribution in [0.1, 0.15) is 18.4 Å². The van der Waals surface area contributed by atoms with Crippen LogP contribution < -0.4 is 16.0 Å². The van der Waals surface area contributed by atoms with Crippen LogP contribution in [0.5, 0.6) is 0 Å². The number of aromatic nitrogens is 4. The second-order valence-corrected chi connectivity index (χ2v) is 8.62. The summed E-state index contributed by atoms with van der Waals surface area (Å²) in [4.78, 5) is 26.7. The summed E-state index contributed by atoms with van der Waals surface area (Å²) in [5, 5.41) is 12.9. The Kier molecular flexibility index (Phi) is 4.18. The molecule has 0 unspecified atom stereocenters. The third-order valence-electron chi connectivity index (χ3n) is 4.72. The lowest BCUT2D eigenvalue weighted by molar-refractivity contribution is 0.550. The topological polar surface area (TPSA) is 143 Å². The van der Waals surface area contributed by atoms with E-state index in [2.05, 4.69) is 14.8 Å². The van der Waals surface area contributed by atoms with Crippen LogP contribution in [-0.2, 0) is 23.6 Å². The van der Waals surface area contributed by atoms with Crippen molar-refractivity contribution < 1.29 is 12.8 Å². The zero-order valence-electron chi connectivity index (χ0n) is 15.1. The van der Waals surface area contributed by atoms with Crippen LogP contribution in [0.4, 0.5) is 4.39 Å². The van der Waals surface area contributed by atoms with E-state index in [4.69, 9.17) is 5.26 Å². The van der Waals surface area contributed by atoms with Gasteiger partial charge in [0, 0.05) is 18.8 Å². The van der Waals surface area contributed by atoms with Gasteiger partial charge in [0.05, 0.1) is 29.7 Å². The fraction of sp³-hybridized carbons (Fsp3) is 0.294. The molecule has 2 N–H and O–H groups in total. The van der Waals surface area contributed by atoms with Gasteiger partial charge in [-0.2, -0.15) is 15.1 Å². The van der Waals surface area contributed by atoms with Gasteiger partial charge >= 0.3 is 5.69 Å². The first kappa shape index (κ1) is 19.0. The number of nitrogens with zero attached hydrogens (tertiary/aromatic N) is 4. The predicted molar refractivity (Wildman–Crippen MR) is 99.0 cm³/mol. The fourth-order valence-corrected chi connectivity index (χ4v) is 4.48. The average molecular weight is 418 g/mol. The molecule has 3 aromatic rings. The molecule has 0 amide bonds. The highest BCUT2D eigenvalue weighted by Crippen LogP contribution is 2.36. The maximum atomic E-state index is 14.5. The number of nitrogens with one attached hydrogen (secondary N) is 2. The Balaban J connectivity index is 1.85. The summed E-state index contributed by atoms with van der Waals surface area (Å²) in [6.45, 7) is -0.0901. The summed E-state index contributed by atoms with van der Waals surface area (Å²) in [7, 11) is -2.71. The minimum atomic E-state index is -4.39. The number of hydrogen-bond donors (Lipinski definition) is 2. The largest absolute Gasteiger partial charge is 0.329 e. The molecule has 0 bridgehead atoms. The van der Waals surface area contributed by atoms with Crippen molar-refractivity contribution in [3.63, 3.8) is 0 Å². The third kappa shape index (κ3) is 3.34. The minimum Gasteiger partial charge on any atom is -0.307 e. The van der Waals surface area contributed by atoms with Gasteiger partial charge in [0.15, 0.2) is 0 Å². The number of H-pyrrole nitrogens is 1. The standard InChI is InChI=1S/C17H15FN6O4S/c1-23-7-10(6-20-23)8-24-15(25)11-4-14(12(18)5-13(11)21-16(24)26)29(27,28)22-17(9-19)2-3-17/h4-7,22H,2-3,8H2,1H3,(H,21,26). The van der Waals surface area contributed by atoms with Crippen LogP contribution in [0.25, 0.3) is 10.9 Å². The molecule has 2 aromatic heterocycles. The van der Waals surface area contributed by atoms with E-state index in [1.807, 2.05) is 6.07 Å². The van der Waals surface area contributed by atoms with E-state index in [-0.39, 0.29) is 17.4 Å². The molecule has 150 valence electrons. The molecule has 0 radical (unpaired) electrons. The molecule has 1 aromatic carbocycles. The Hall–Kier alpha value is -3.30. The third-order valence-corrected chi connectivity index (χ3v) is 6.27. The summed E-state index contributed by atoms with van der Waals surface area (Å²) in [5.41, 5.74) is -2.32. The van der Waals surface area contributed by atoms with Crippen LogP contribution in [0.15, 0.2) is 39.0 Å². The molecule has 0 aliphatic heterocycles. The smallest absolute Gasteiger partial charge is 0.307 e. The van der Waals surface area contributed by atoms with Gasteiger partial charge in [-0.05, 0) is 25.0 Å². The lowest BCUT2D eigenvalue weighted by Gasteiger charge is -2.12. The molecule has 4 rings (SSSR count). The van der Waals surface area contributed by atoms with Crippen molar-refractivity contribution in [3.05, 3.63) is 56.7 Å². The van der Waals surface area contributed by atoms with Crippen molar-refractivity contribution in [2.75, 3.05) is 0 Å². The predicted octanol–water partition coefficient (Wildman–Crippen LogP) is -0.0548. The molecule has 2 heterocycles. The Morgan fingerprint density at radius 2 is 2.10 bits per heavy atom. The second-order valence-electron chi connectivity index (χ2n) is 6.97. The Bertz CT molecular complexity index is 1410. The number of hydrogen-bond acceptors (Lipinski definition) is 6. The number of fused-ring (bicyclic) bond motifs is 1. The average Bonchev–Trinajstić information content (AvgIpc) is 3.29. The Morgan fingerprint density at radius 3 is 2.69 bits per heavy atom. The highest BCUT2D eigenvalue weighted by atomic mass is 32.2. The van der Waals surface area contributed by atoms with Crippen molar-refractivity contribution in [1.29, 1.82) is 5.26 Å². The molecule has 29 heavy (non-hydrogen) atoms. The van der Waals surface area contributed by atoms with Crippen LogP contribution in [0.3, 0.4) is 0 Å². The summed E-state index contributed by atoms with van der Waals surface area (Å²) in [6.07, 6.45) is 3.75. The molecule has 1 saturated carbocycles. The molecule has 0 saturated heterocycles. The minimum absolute atomic E-state index is 0.0901. The number of aromatic amines is 1. The van der Waals surface area contributed by atoms with E-state index in [0.717, 1.165) is 16.7 Å². The number of halogens is 1. The van der Waals surface area contributed by atoms with Gasteiger partial charge in [-0.1, -0.05) is 0 Å². The molecule has 10 nitrogen and oxygen atoms in total. The number of aryl methyl sites for hydroxylation is 1. The van der Waals surface area contributed by atoms with Gasteiger partial charge < -0.3 is 4.98 Å². The van der Waals surface area contributed by atoms with Crippen LogP contribution in [0, 0.1) is 17.1 Å². The zero-order valence-corrected chi connectivity index (χ0v) is 16.0. The van der Waals surface area contributed by atoms with E-state index >= 15 is 0 Å². The maximum Gasteiger partial charge on any atom is 0.329 e. The first-order valence-electron chi connectivity index (χ1n) is 8.53. The van der Waals surface area contributed by atoms with Gasteiger partial charge in [0.1, 0.15) is 16.3 Å². The van der Waals surface area contributed by atoms with Gasteiger partial charge in [0.2, 0.25) is 10.0 Å². The molecule has 1 fully saturated rings. The lowest BCUT2D eigenvalue weighted by atomic mass is 10.2. The van der Waals surface area contributed by atoms with Gasteiger partial charge in [-0.15, -0.1) is 0 Å². The van der Waals surface area contributed by atoms with Crippen molar-refractivity contribution in [2.24, 2.45) is 7.05 Å². The molecule has 0 atom stereocenters. The van der Waals surface area contributed by atoms with Crippen molar-refractivity contribution >= 4 is 20.9 Å². The fourth-order valence-electron chi connectivity index (χ4n) is 3.01. The summed E-state index contributed by atoms with van der Waals surface area (Å²) in [6, 6.07) is 3.52. The van der Waals surface area contributed by atoms with E-state index in [9.17, 15) is 22.4 Å². The first-order valence-corrected chi connectivity index (χ1v) is 10.0. The Morgan fingerprint density at radius 1 is 1.38 bits per heavy atom. The highest BCUT2D eigenvalue weighted by molar-refractivity contribution is 7.89. The maximum absolute atomic E-state index is 14.5. The van der Waals surface area contributed by atoms with Gasteiger partial charge in [0.25, 0.3) is 5.56 Å². The first-order chi connectivity index (χ1) is 13.6. The Labute approximate surface area is 163 Å².